The predicted octanol–water partition coefficient (Wildman–Crippen LogP) is 4.94. The lowest BCUT2D eigenvalue weighted by Crippen LogP contribution is -2.27. The number of methoxy groups -OCH3 is 1. The number of rotatable bonds is 6. The van der Waals surface area contributed by atoms with Gasteiger partial charge in [0.05, 0.1) is 17.8 Å². The molecular weight excluding hydrogens is 442 g/mol. The number of nitro groups is 1. The first-order chi connectivity index (χ1) is 15.9. The maximum Gasteiger partial charge on any atom is 0.273 e. The highest BCUT2D eigenvalue weighted by Gasteiger charge is 2.34. The van der Waals surface area contributed by atoms with E-state index in [1.165, 1.54) is 17.8 Å². The first-order valence-electron chi connectivity index (χ1n) is 10.1. The van der Waals surface area contributed by atoms with Crippen molar-refractivity contribution in [2.45, 2.75) is 12.3 Å². The van der Waals surface area contributed by atoms with Gasteiger partial charge in [-0.25, -0.2) is 0 Å². The lowest BCUT2D eigenvalue weighted by atomic mass is 10.1. The molecule has 33 heavy (non-hydrogen) atoms. The molecule has 1 aliphatic heterocycles. The second-order valence-corrected chi connectivity index (χ2v) is 8.53. The fourth-order valence-corrected chi connectivity index (χ4v) is 4.75. The molecule has 0 saturated carbocycles. The molecule has 1 N–H and O–H groups in total. The molecule has 3 aromatic carbocycles. The van der Waals surface area contributed by atoms with Gasteiger partial charge in [-0.2, -0.15) is 0 Å². The minimum atomic E-state index is -0.504. The van der Waals surface area contributed by atoms with Crippen LogP contribution in [0.15, 0.2) is 66.7 Å². The topological polar surface area (TPSA) is 102 Å². The first-order valence-corrected chi connectivity index (χ1v) is 11.2. The molecular formula is C24H21N3O5S. The van der Waals surface area contributed by atoms with Crippen LogP contribution in [0.4, 0.5) is 17.1 Å². The molecule has 1 heterocycles. The highest BCUT2D eigenvalue weighted by atomic mass is 32.2. The van der Waals surface area contributed by atoms with E-state index in [4.69, 9.17) is 4.74 Å². The summed E-state index contributed by atoms with van der Waals surface area (Å²) in [5.74, 6) is 0.680. The Morgan fingerprint density at radius 1 is 1.12 bits per heavy atom. The molecule has 3 aromatic rings. The number of anilines is 2. The summed E-state index contributed by atoms with van der Waals surface area (Å²) in [7, 11) is 1.59. The summed E-state index contributed by atoms with van der Waals surface area (Å²) in [5, 5.41) is 13.7. The number of carbonyl (C=O) groups is 2. The van der Waals surface area contributed by atoms with Crippen molar-refractivity contribution >= 4 is 40.6 Å². The Balaban J connectivity index is 1.50. The normalized spacial score (nSPS) is 15.4. The summed E-state index contributed by atoms with van der Waals surface area (Å²) in [4.78, 5) is 37.5. The Morgan fingerprint density at radius 3 is 2.45 bits per heavy atom. The van der Waals surface area contributed by atoms with Gasteiger partial charge in [-0.05, 0) is 55.0 Å². The summed E-state index contributed by atoms with van der Waals surface area (Å²) in [6.07, 6.45) is 0. The zero-order valence-electron chi connectivity index (χ0n) is 18.0. The Kier molecular flexibility index (Phi) is 6.32. The first kappa shape index (κ1) is 22.3. The molecule has 168 valence electrons. The molecule has 8 nitrogen and oxygen atoms in total. The largest absolute Gasteiger partial charge is 0.497 e. The zero-order valence-corrected chi connectivity index (χ0v) is 18.8. The van der Waals surface area contributed by atoms with E-state index in [0.29, 0.717) is 22.8 Å². The molecule has 9 heteroatoms. The van der Waals surface area contributed by atoms with Gasteiger partial charge in [0.15, 0.2) is 0 Å². The van der Waals surface area contributed by atoms with Crippen molar-refractivity contribution in [3.05, 3.63) is 93.5 Å². The molecule has 1 aliphatic rings. The van der Waals surface area contributed by atoms with E-state index in [9.17, 15) is 19.7 Å². The third-order valence-corrected chi connectivity index (χ3v) is 6.55. The van der Waals surface area contributed by atoms with Crippen LogP contribution >= 0.6 is 11.8 Å². The number of nitrogens with one attached hydrogen (secondary N) is 1. The molecule has 0 bridgehead atoms. The summed E-state index contributed by atoms with van der Waals surface area (Å²) >= 11 is 1.53. The molecule has 0 unspecified atom stereocenters. The van der Waals surface area contributed by atoms with Gasteiger partial charge in [-0.15, -0.1) is 11.8 Å². The summed E-state index contributed by atoms with van der Waals surface area (Å²) < 4.78 is 5.19. The van der Waals surface area contributed by atoms with Crippen LogP contribution in [0.3, 0.4) is 0 Å². The second kappa shape index (κ2) is 9.33. The van der Waals surface area contributed by atoms with Gasteiger partial charge in [0.1, 0.15) is 11.1 Å². The molecule has 1 fully saturated rings. The molecule has 4 rings (SSSR count). The molecule has 2 amide bonds. The Labute approximate surface area is 194 Å². The zero-order chi connectivity index (χ0) is 23.5. The quantitative estimate of drug-likeness (QED) is 0.410. The highest BCUT2D eigenvalue weighted by molar-refractivity contribution is 8.00. The fraction of sp³-hybridized carbons (Fsp3) is 0.167. The maximum absolute atomic E-state index is 12.6. The van der Waals surface area contributed by atoms with E-state index in [1.54, 1.807) is 43.2 Å². The number of carbonyl (C=O) groups excluding carboxylic acids is 2. The van der Waals surface area contributed by atoms with Gasteiger partial charge in [-0.3, -0.25) is 24.6 Å². The van der Waals surface area contributed by atoms with Gasteiger partial charge in [0, 0.05) is 28.6 Å². The van der Waals surface area contributed by atoms with E-state index >= 15 is 0 Å². The maximum atomic E-state index is 12.6. The molecule has 0 aliphatic carbocycles. The average Bonchev–Trinajstić information content (AvgIpc) is 3.21. The van der Waals surface area contributed by atoms with Crippen LogP contribution in [0.5, 0.6) is 5.75 Å². The van der Waals surface area contributed by atoms with Gasteiger partial charge in [0.2, 0.25) is 5.91 Å². The van der Waals surface area contributed by atoms with Crippen LogP contribution in [0.2, 0.25) is 0 Å². The third kappa shape index (κ3) is 4.68. The highest BCUT2D eigenvalue weighted by Crippen LogP contribution is 2.42. The SMILES string of the molecule is COc1ccc(N2C(=O)CS[C@@H]2c2ccc(NC(=O)c3ccc(C)c([N+](=O)[O-])c3)cc2)cc1. The van der Waals surface area contributed by atoms with Crippen molar-refractivity contribution in [2.75, 3.05) is 23.1 Å². The van der Waals surface area contributed by atoms with Crippen molar-refractivity contribution in [3.63, 3.8) is 0 Å². The molecule has 0 radical (unpaired) electrons. The van der Waals surface area contributed by atoms with E-state index in [0.717, 1.165) is 11.3 Å². The van der Waals surface area contributed by atoms with Gasteiger partial charge in [-0.1, -0.05) is 18.2 Å². The number of hydrogen-bond donors (Lipinski definition) is 1. The van der Waals surface area contributed by atoms with Gasteiger partial charge >= 0.3 is 0 Å². The van der Waals surface area contributed by atoms with Crippen molar-refractivity contribution in [3.8, 4) is 5.75 Å². The van der Waals surface area contributed by atoms with Crippen LogP contribution in [0.1, 0.15) is 26.9 Å². The van der Waals surface area contributed by atoms with Crippen molar-refractivity contribution in [1.82, 2.24) is 0 Å². The summed E-state index contributed by atoms with van der Waals surface area (Å²) in [6.45, 7) is 1.62. The lowest BCUT2D eigenvalue weighted by molar-refractivity contribution is -0.385. The standard InChI is InChI=1S/C24H21N3O5S/c1-15-3-4-17(13-21(15)27(30)31)23(29)25-18-7-5-16(6-8-18)24-26(22(28)14-33-24)19-9-11-20(32-2)12-10-19/h3-13,24H,14H2,1-2H3,(H,25,29)/t24-/m1/s1. The smallest absolute Gasteiger partial charge is 0.273 e. The van der Waals surface area contributed by atoms with Crippen molar-refractivity contribution in [1.29, 1.82) is 0 Å². The third-order valence-electron chi connectivity index (χ3n) is 5.34. The van der Waals surface area contributed by atoms with Crippen LogP contribution in [0.25, 0.3) is 0 Å². The van der Waals surface area contributed by atoms with E-state index in [1.807, 2.05) is 36.4 Å². The van der Waals surface area contributed by atoms with E-state index in [2.05, 4.69) is 5.32 Å². The van der Waals surface area contributed by atoms with Crippen molar-refractivity contribution < 1.29 is 19.2 Å². The van der Waals surface area contributed by atoms with Crippen LogP contribution in [-0.4, -0.2) is 29.6 Å². The number of aryl methyl sites for hydroxylation is 1. The monoisotopic (exact) mass is 463 g/mol. The van der Waals surface area contributed by atoms with Crippen molar-refractivity contribution in [2.24, 2.45) is 0 Å². The number of thioether (sulfide) groups is 1. The predicted molar refractivity (Wildman–Crippen MR) is 128 cm³/mol. The lowest BCUT2D eigenvalue weighted by Gasteiger charge is -2.24. The molecule has 1 saturated heterocycles. The minimum Gasteiger partial charge on any atom is -0.497 e. The Morgan fingerprint density at radius 2 is 1.82 bits per heavy atom. The average molecular weight is 464 g/mol. The minimum absolute atomic E-state index is 0.0218. The van der Waals surface area contributed by atoms with E-state index < -0.39 is 10.8 Å². The Hall–Kier alpha value is -3.85. The molecule has 0 spiro atoms. The molecule has 1 atom stereocenters. The van der Waals surface area contributed by atoms with E-state index in [-0.39, 0.29) is 22.5 Å². The fourth-order valence-electron chi connectivity index (χ4n) is 3.57. The second-order valence-electron chi connectivity index (χ2n) is 7.46. The Bertz CT molecular complexity index is 1210. The van der Waals surface area contributed by atoms with Crippen LogP contribution < -0.4 is 15.0 Å². The number of hydrogen-bond acceptors (Lipinski definition) is 6. The number of nitro benzene ring substituents is 1. The number of ether oxygens (including phenoxy) is 1. The van der Waals surface area contributed by atoms with Crippen LogP contribution in [-0.2, 0) is 4.79 Å². The van der Waals surface area contributed by atoms with Gasteiger partial charge < -0.3 is 10.1 Å². The number of benzene rings is 3. The number of nitrogens with zero attached hydrogens (tertiary/aromatic N) is 2. The summed E-state index contributed by atoms with van der Waals surface area (Å²) in [5.41, 5.74) is 2.86. The molecule has 0 aromatic heterocycles. The van der Waals surface area contributed by atoms with Crippen LogP contribution in [0, 0.1) is 17.0 Å². The summed E-state index contributed by atoms with van der Waals surface area (Å²) in [6, 6.07) is 18.9. The number of amides is 2. The van der Waals surface area contributed by atoms with Gasteiger partial charge in [0.25, 0.3) is 11.6 Å².